The van der Waals surface area contributed by atoms with Crippen LogP contribution < -0.4 is 0 Å². The summed E-state index contributed by atoms with van der Waals surface area (Å²) in [6.45, 7) is 13.9. The van der Waals surface area contributed by atoms with Gasteiger partial charge in [0.1, 0.15) is 0 Å². The normalized spacial score (nSPS) is 12.1. The van der Waals surface area contributed by atoms with Crippen molar-refractivity contribution in [3.05, 3.63) is 538 Å². The van der Waals surface area contributed by atoms with Crippen molar-refractivity contribution in [2.45, 2.75) is 58.8 Å². The molecule has 0 atom stereocenters. The van der Waals surface area contributed by atoms with Gasteiger partial charge in [-0.1, -0.05) is 497 Å². The van der Waals surface area contributed by atoms with Gasteiger partial charge in [0, 0.05) is 16.5 Å². The molecule has 148 heavy (non-hydrogen) atoms. The van der Waals surface area contributed by atoms with Crippen molar-refractivity contribution in [1.82, 2.24) is 4.57 Å². The Bertz CT molecular complexity index is 10100. The van der Waals surface area contributed by atoms with Crippen LogP contribution in [0.3, 0.4) is 0 Å². The molecular weight excluding hydrogens is 1780 g/mol. The van der Waals surface area contributed by atoms with E-state index in [1.54, 1.807) is 0 Å². The van der Waals surface area contributed by atoms with E-state index in [1.807, 2.05) is 0 Å². The molecule has 1 heterocycles. The van der Waals surface area contributed by atoms with Crippen LogP contribution >= 0.6 is 0 Å². The summed E-state index contributed by atoms with van der Waals surface area (Å²) in [5, 5.41) is 39.3. The molecule has 30 rings (SSSR count). The summed E-state index contributed by atoms with van der Waals surface area (Å²) in [5.41, 5.74) is 30.2. The second-order valence-electron chi connectivity index (χ2n) is 42.2. The molecule has 0 saturated carbocycles. The highest BCUT2D eigenvalue weighted by molar-refractivity contribution is 6.34. The average molecular weight is 1890 g/mol. The first kappa shape index (κ1) is 88.8. The Balaban J connectivity index is 0.0000000987. The van der Waals surface area contributed by atoms with Crippen molar-refractivity contribution >= 4 is 173 Å². The molecule has 1 aliphatic carbocycles. The van der Waals surface area contributed by atoms with E-state index >= 15 is 0 Å². The monoisotopic (exact) mass is 1880 g/mol. The van der Waals surface area contributed by atoms with E-state index in [0.29, 0.717) is 0 Å². The molecule has 1 aromatic heterocycles. The zero-order valence-electron chi connectivity index (χ0n) is 83.7. The van der Waals surface area contributed by atoms with E-state index in [0.717, 1.165) is 6.42 Å². The van der Waals surface area contributed by atoms with Crippen molar-refractivity contribution in [1.29, 1.82) is 0 Å². The molecule has 0 fully saturated rings. The van der Waals surface area contributed by atoms with Crippen molar-refractivity contribution in [2.24, 2.45) is 0 Å². The van der Waals surface area contributed by atoms with Crippen LogP contribution in [0.5, 0.6) is 0 Å². The third kappa shape index (κ3) is 15.1. The highest BCUT2D eigenvalue weighted by Gasteiger charge is 2.29. The van der Waals surface area contributed by atoms with Crippen LogP contribution in [0.2, 0.25) is 0 Å². The Morgan fingerprint density at radius 1 is 0.162 bits per heavy atom. The van der Waals surface area contributed by atoms with Crippen molar-refractivity contribution in [2.75, 3.05) is 0 Å². The van der Waals surface area contributed by atoms with E-state index in [1.165, 1.54) is 290 Å². The second-order valence-corrected chi connectivity index (χ2v) is 42.2. The Morgan fingerprint density at radius 3 is 1.08 bits per heavy atom. The van der Waals surface area contributed by atoms with Gasteiger partial charge in [-0.3, -0.25) is 0 Å². The first-order valence-corrected chi connectivity index (χ1v) is 52.0. The molecule has 0 unspecified atom stereocenters. The maximum absolute atomic E-state index is 2.44. The molecular formula is C147H105N. The van der Waals surface area contributed by atoms with Crippen LogP contribution in [0.1, 0.15) is 63.8 Å². The fourth-order valence-electron chi connectivity index (χ4n) is 24.6. The molecule has 1 aliphatic rings. The van der Waals surface area contributed by atoms with Crippen molar-refractivity contribution in [3.8, 4) is 94.7 Å². The lowest BCUT2D eigenvalue weighted by Crippen LogP contribution is -2.12. The third-order valence-corrected chi connectivity index (χ3v) is 31.5. The van der Waals surface area contributed by atoms with Gasteiger partial charge in [-0.05, 0) is 340 Å². The van der Waals surface area contributed by atoms with Gasteiger partial charge in [-0.2, -0.15) is 0 Å². The zero-order chi connectivity index (χ0) is 99.0. The van der Waals surface area contributed by atoms with Gasteiger partial charge in [0.05, 0.1) is 11.0 Å². The molecule has 0 N–H and O–H groups in total. The molecule has 698 valence electrons. The summed E-state index contributed by atoms with van der Waals surface area (Å²) in [6.07, 6.45) is 0.972. The highest BCUT2D eigenvalue weighted by Crippen LogP contribution is 2.54. The van der Waals surface area contributed by atoms with Gasteiger partial charge >= 0.3 is 0 Å². The van der Waals surface area contributed by atoms with E-state index in [-0.39, 0.29) is 10.8 Å². The number of hydrogen-bond donors (Lipinski definition) is 0. The molecule has 0 saturated heterocycles. The van der Waals surface area contributed by atoms with Crippen LogP contribution in [0.4, 0.5) is 0 Å². The fraction of sp³-hybridized carbons (Fsp3) is 0.0612. The largest absolute Gasteiger partial charge is 0.309 e. The smallest absolute Gasteiger partial charge is 0.0541 e. The lowest BCUT2D eigenvalue weighted by atomic mass is 9.79. The van der Waals surface area contributed by atoms with Gasteiger partial charge < -0.3 is 4.57 Å². The quantitative estimate of drug-likeness (QED) is 0.106. The molecule has 29 aromatic rings. The Morgan fingerprint density at radius 2 is 0.500 bits per heavy atom. The molecule has 0 amide bonds. The van der Waals surface area contributed by atoms with Gasteiger partial charge in [-0.15, -0.1) is 0 Å². The van der Waals surface area contributed by atoms with Gasteiger partial charge in [-0.25, -0.2) is 0 Å². The van der Waals surface area contributed by atoms with E-state index in [2.05, 4.69) is 562 Å². The Kier molecular flexibility index (Phi) is 21.6. The summed E-state index contributed by atoms with van der Waals surface area (Å²) in [4.78, 5) is 0. The third-order valence-electron chi connectivity index (χ3n) is 31.5. The first-order chi connectivity index (χ1) is 72.7. The van der Waals surface area contributed by atoms with Gasteiger partial charge in [0.15, 0.2) is 0 Å². The molecule has 0 aliphatic heterocycles. The lowest BCUT2D eigenvalue weighted by molar-refractivity contribution is 0.590. The van der Waals surface area contributed by atoms with Crippen molar-refractivity contribution in [3.63, 3.8) is 0 Å². The van der Waals surface area contributed by atoms with Crippen LogP contribution in [-0.4, -0.2) is 4.57 Å². The summed E-state index contributed by atoms with van der Waals surface area (Å²) >= 11 is 0. The molecule has 0 spiro atoms. The van der Waals surface area contributed by atoms with E-state index in [9.17, 15) is 0 Å². The summed E-state index contributed by atoms with van der Waals surface area (Å²) < 4.78 is 2.38. The summed E-state index contributed by atoms with van der Waals surface area (Å²) in [7, 11) is 0. The highest BCUT2D eigenvalue weighted by atomic mass is 15.0. The van der Waals surface area contributed by atoms with Gasteiger partial charge in [0.25, 0.3) is 0 Å². The topological polar surface area (TPSA) is 4.93 Å². The van der Waals surface area contributed by atoms with Crippen LogP contribution in [0.15, 0.2) is 516 Å². The summed E-state index contributed by atoms with van der Waals surface area (Å²) in [5.74, 6) is 0. The summed E-state index contributed by atoms with van der Waals surface area (Å²) in [6, 6.07) is 190. The number of benzene rings is 28. The number of rotatable bonds is 8. The lowest BCUT2D eigenvalue weighted by Gasteiger charge is -2.25. The van der Waals surface area contributed by atoms with Crippen LogP contribution in [-0.2, 0) is 17.3 Å². The first-order valence-electron chi connectivity index (χ1n) is 52.0. The predicted molar refractivity (Wildman–Crippen MR) is 640 cm³/mol. The SMILES string of the molecule is CC(C)(C)c1cc2cc(C(C)(C)C)cc3c4cccc5cccc(c(c1)c23)c54.c1cc(-c2ccc3ccccc3c2)cc(-c2c3ccccc3c(-c3cccc4c3Cc3ccccc3-4)c3ccccc23)c1.c1ccc(-c2c3ccccc3c(-c3ccc4c(ccc5ccccc54)c3)c3ccccc23)cc1.c1ccc(-n2c3ccccc3c3cc(-c4c5ccccc5c(-c5cccc6ccccc56)c5ccccc45)ccc32)cc1. The minimum absolute atomic E-state index is 0.119. The maximum Gasteiger partial charge on any atom is 0.0541 e. The zero-order valence-corrected chi connectivity index (χ0v) is 83.7. The van der Waals surface area contributed by atoms with Crippen LogP contribution in [0, 0.1) is 0 Å². The standard InChI is InChI=1S/C43H28.C42H27N.C34H22.C28H28/c1-2-12-29-25-31(24-23-28(29)11-1)30-14-9-15-33(26-30)42-36-17-5-7-19-38(36)43(39-20-8-6-18-37(39)42)40-22-10-21-35-34-16-4-3-13-32(34)27-41(35)40;1-2-15-30(16-3-1)43-39-24-11-10-18-32(39)38-27-29(25-26-40(38)43)41-34-19-6-8-21-36(34)42(37-22-9-7-20-35(37)41)33-23-12-14-28-13-4-5-17-31(28)33;1-2-11-24(12-3-1)33-29-14-6-8-16-31(29)34(32-17-9-7-15-30(32)33)26-20-21-28-25(22-26)19-18-23-10-4-5-13-27(23)28;1-27(2,3)19-13-18-14-20(28(4,5)6)16-24-22-12-8-10-17-9-7-11-21(25(17)22)23(15-19)26(18)24/h1-26H,27H2;1-27H;1-22H;7-16H,1-6H3. The number of nitrogens with zero attached hydrogens (tertiary/aromatic N) is 1. The second kappa shape index (κ2) is 36.0. The minimum atomic E-state index is 0.119. The molecule has 1 nitrogen and oxygen atoms in total. The minimum Gasteiger partial charge on any atom is -0.309 e. The number of aromatic nitrogens is 1. The van der Waals surface area contributed by atoms with Crippen LogP contribution in [0.25, 0.3) is 267 Å². The predicted octanol–water partition coefficient (Wildman–Crippen LogP) is 41.3. The Labute approximate surface area is 862 Å². The average Bonchev–Trinajstić information content (AvgIpc) is 0.893. The maximum atomic E-state index is 2.44. The fourth-order valence-corrected chi connectivity index (χ4v) is 24.6. The Hall–Kier alpha value is -18.1. The van der Waals surface area contributed by atoms with Gasteiger partial charge in [0.2, 0.25) is 0 Å². The number of para-hydroxylation sites is 2. The van der Waals surface area contributed by atoms with E-state index in [4.69, 9.17) is 0 Å². The van der Waals surface area contributed by atoms with Crippen molar-refractivity contribution < 1.29 is 0 Å². The number of hydrogen-bond acceptors (Lipinski definition) is 0. The molecule has 0 bridgehead atoms. The van der Waals surface area contributed by atoms with E-state index < -0.39 is 0 Å². The molecule has 1 heteroatoms. The molecule has 0 radical (unpaired) electrons. The molecule has 28 aromatic carbocycles. The number of fused-ring (bicyclic) bond motifs is 19.